The van der Waals surface area contributed by atoms with Crippen LogP contribution in [0.3, 0.4) is 0 Å². The van der Waals surface area contributed by atoms with Crippen molar-refractivity contribution in [2.45, 2.75) is 18.8 Å². The van der Waals surface area contributed by atoms with Crippen molar-refractivity contribution in [3.05, 3.63) is 48.3 Å². The fourth-order valence-electron chi connectivity index (χ4n) is 1.44. The number of halogens is 1. The van der Waals surface area contributed by atoms with Crippen LogP contribution in [-0.4, -0.2) is 11.1 Å². The molecule has 0 fully saturated rings. The van der Waals surface area contributed by atoms with Gasteiger partial charge in [0.1, 0.15) is 5.82 Å². The molecule has 0 aromatic heterocycles. The van der Waals surface area contributed by atoms with E-state index in [1.54, 1.807) is 12.1 Å². The molecule has 0 aliphatic heterocycles. The van der Waals surface area contributed by atoms with Crippen LogP contribution in [-0.2, 0) is 4.79 Å². The Morgan fingerprint density at radius 1 is 1.60 bits per heavy atom. The van der Waals surface area contributed by atoms with Gasteiger partial charge in [0.25, 0.3) is 0 Å². The Balaban J connectivity index is 2.88. The average Bonchev–Trinajstić information content (AvgIpc) is 2.18. The number of rotatable bonds is 5. The zero-order valence-electron chi connectivity index (χ0n) is 8.32. The van der Waals surface area contributed by atoms with Crippen LogP contribution in [0.1, 0.15) is 24.3 Å². The molecule has 0 saturated carbocycles. The first-order valence-electron chi connectivity index (χ1n) is 4.74. The summed E-state index contributed by atoms with van der Waals surface area (Å²) < 4.78 is 12.9. The zero-order valence-corrected chi connectivity index (χ0v) is 8.32. The second-order valence-corrected chi connectivity index (χ2v) is 3.31. The molecule has 0 heterocycles. The van der Waals surface area contributed by atoms with E-state index in [-0.39, 0.29) is 0 Å². The quantitative estimate of drug-likeness (QED) is 0.755. The van der Waals surface area contributed by atoms with Gasteiger partial charge in [0, 0.05) is 0 Å². The summed E-state index contributed by atoms with van der Waals surface area (Å²) >= 11 is 0. The molecule has 0 saturated heterocycles. The largest absolute Gasteiger partial charge is 0.481 e. The van der Waals surface area contributed by atoms with Crippen LogP contribution in [0.2, 0.25) is 0 Å². The third-order valence-corrected chi connectivity index (χ3v) is 2.21. The van der Waals surface area contributed by atoms with Crippen molar-refractivity contribution < 1.29 is 14.3 Å². The lowest BCUT2D eigenvalue weighted by Crippen LogP contribution is -2.11. The lowest BCUT2D eigenvalue weighted by atomic mass is 9.94. The summed E-state index contributed by atoms with van der Waals surface area (Å²) in [6.07, 6.45) is 2.71. The topological polar surface area (TPSA) is 37.3 Å². The third-order valence-electron chi connectivity index (χ3n) is 2.21. The highest BCUT2D eigenvalue weighted by atomic mass is 19.1. The van der Waals surface area contributed by atoms with Crippen LogP contribution >= 0.6 is 0 Å². The molecule has 0 spiro atoms. The molecule has 1 unspecified atom stereocenters. The Labute approximate surface area is 88.1 Å². The van der Waals surface area contributed by atoms with Crippen molar-refractivity contribution in [3.8, 4) is 0 Å². The van der Waals surface area contributed by atoms with Crippen molar-refractivity contribution >= 4 is 5.97 Å². The Bertz CT molecular complexity index is 360. The minimum absolute atomic E-state index is 0.405. The van der Waals surface area contributed by atoms with Gasteiger partial charge in [-0.05, 0) is 30.5 Å². The number of allylic oxidation sites excluding steroid dienone is 1. The van der Waals surface area contributed by atoms with Gasteiger partial charge in [0.15, 0.2) is 0 Å². The molecular formula is C12H13FO2. The first-order valence-corrected chi connectivity index (χ1v) is 4.74. The number of aliphatic carboxylic acids is 1. The summed E-state index contributed by atoms with van der Waals surface area (Å²) in [6.45, 7) is 3.54. The number of carboxylic acids is 1. The molecule has 0 aliphatic carbocycles. The fourth-order valence-corrected chi connectivity index (χ4v) is 1.44. The maximum absolute atomic E-state index is 12.9. The van der Waals surface area contributed by atoms with E-state index in [4.69, 9.17) is 5.11 Å². The second kappa shape index (κ2) is 5.29. The van der Waals surface area contributed by atoms with Crippen LogP contribution < -0.4 is 0 Å². The van der Waals surface area contributed by atoms with E-state index >= 15 is 0 Å². The maximum Gasteiger partial charge on any atom is 0.310 e. The first kappa shape index (κ1) is 11.4. The van der Waals surface area contributed by atoms with Gasteiger partial charge in [-0.2, -0.15) is 0 Å². The molecule has 1 N–H and O–H groups in total. The van der Waals surface area contributed by atoms with E-state index in [1.165, 1.54) is 18.2 Å². The molecular weight excluding hydrogens is 195 g/mol. The molecule has 0 aliphatic rings. The van der Waals surface area contributed by atoms with Crippen molar-refractivity contribution in [1.29, 1.82) is 0 Å². The zero-order chi connectivity index (χ0) is 11.3. The highest BCUT2D eigenvalue weighted by Crippen LogP contribution is 2.22. The van der Waals surface area contributed by atoms with Crippen LogP contribution in [0.5, 0.6) is 0 Å². The monoisotopic (exact) mass is 208 g/mol. The highest BCUT2D eigenvalue weighted by Gasteiger charge is 2.18. The summed E-state index contributed by atoms with van der Waals surface area (Å²) in [4.78, 5) is 11.0. The lowest BCUT2D eigenvalue weighted by Gasteiger charge is -2.11. The Hall–Kier alpha value is -1.64. The average molecular weight is 208 g/mol. The lowest BCUT2D eigenvalue weighted by molar-refractivity contribution is -0.138. The van der Waals surface area contributed by atoms with Crippen LogP contribution in [0.25, 0.3) is 0 Å². The Morgan fingerprint density at radius 3 is 2.87 bits per heavy atom. The van der Waals surface area contributed by atoms with Crippen molar-refractivity contribution in [2.24, 2.45) is 0 Å². The predicted octanol–water partition coefficient (Wildman–Crippen LogP) is 2.96. The molecule has 80 valence electrons. The number of hydrogen-bond acceptors (Lipinski definition) is 1. The Morgan fingerprint density at radius 2 is 2.33 bits per heavy atom. The van der Waals surface area contributed by atoms with Crippen LogP contribution in [0.15, 0.2) is 36.9 Å². The standard InChI is InChI=1S/C12H13FO2/c1-2-3-7-11(12(14)15)9-5-4-6-10(13)8-9/h2,4-6,8,11H,1,3,7H2,(H,14,15). The first-order chi connectivity index (χ1) is 7.15. The molecule has 3 heteroatoms. The smallest absolute Gasteiger partial charge is 0.310 e. The molecule has 1 aromatic rings. The second-order valence-electron chi connectivity index (χ2n) is 3.31. The van der Waals surface area contributed by atoms with E-state index in [1.807, 2.05) is 0 Å². The summed E-state index contributed by atoms with van der Waals surface area (Å²) in [5, 5.41) is 8.99. The van der Waals surface area contributed by atoms with E-state index in [0.717, 1.165) is 0 Å². The molecule has 1 atom stereocenters. The van der Waals surface area contributed by atoms with Gasteiger partial charge in [0.2, 0.25) is 0 Å². The van der Waals surface area contributed by atoms with Gasteiger partial charge in [-0.3, -0.25) is 4.79 Å². The van der Waals surface area contributed by atoms with Crippen molar-refractivity contribution in [3.63, 3.8) is 0 Å². The third kappa shape index (κ3) is 3.20. The van der Waals surface area contributed by atoms with E-state index in [9.17, 15) is 9.18 Å². The normalized spacial score (nSPS) is 12.1. The number of carboxylic acid groups (broad SMARTS) is 1. The molecule has 1 aromatic carbocycles. The van der Waals surface area contributed by atoms with Gasteiger partial charge < -0.3 is 5.11 Å². The number of benzene rings is 1. The summed E-state index contributed by atoms with van der Waals surface area (Å²) in [6, 6.07) is 5.72. The summed E-state index contributed by atoms with van der Waals surface area (Å²) in [5.41, 5.74) is 0.504. The van der Waals surface area contributed by atoms with E-state index in [0.29, 0.717) is 18.4 Å². The summed E-state index contributed by atoms with van der Waals surface area (Å²) in [7, 11) is 0. The van der Waals surface area contributed by atoms with Gasteiger partial charge in [-0.1, -0.05) is 18.2 Å². The molecule has 0 bridgehead atoms. The van der Waals surface area contributed by atoms with Crippen LogP contribution in [0, 0.1) is 5.82 Å². The van der Waals surface area contributed by atoms with Gasteiger partial charge in [-0.25, -0.2) is 4.39 Å². The van der Waals surface area contributed by atoms with Crippen LogP contribution in [0.4, 0.5) is 4.39 Å². The van der Waals surface area contributed by atoms with Crippen molar-refractivity contribution in [2.75, 3.05) is 0 Å². The SMILES string of the molecule is C=CCCC(C(=O)O)c1cccc(F)c1. The number of hydrogen-bond donors (Lipinski definition) is 1. The molecule has 0 radical (unpaired) electrons. The predicted molar refractivity (Wildman–Crippen MR) is 56.2 cm³/mol. The molecule has 15 heavy (non-hydrogen) atoms. The highest BCUT2D eigenvalue weighted by molar-refractivity contribution is 5.76. The molecule has 0 amide bonds. The minimum atomic E-state index is -0.928. The minimum Gasteiger partial charge on any atom is -0.481 e. The maximum atomic E-state index is 12.9. The fraction of sp³-hybridized carbons (Fsp3) is 0.250. The Kier molecular flexibility index (Phi) is 4.03. The van der Waals surface area contributed by atoms with Gasteiger partial charge in [0.05, 0.1) is 5.92 Å². The van der Waals surface area contributed by atoms with Gasteiger partial charge >= 0.3 is 5.97 Å². The molecule has 1 rings (SSSR count). The summed E-state index contributed by atoms with van der Waals surface area (Å²) in [5.74, 6) is -1.99. The van der Waals surface area contributed by atoms with Gasteiger partial charge in [-0.15, -0.1) is 6.58 Å². The van der Waals surface area contributed by atoms with E-state index < -0.39 is 17.7 Å². The molecule has 2 nitrogen and oxygen atoms in total. The number of carbonyl (C=O) groups is 1. The van der Waals surface area contributed by atoms with E-state index in [2.05, 4.69) is 6.58 Å². The van der Waals surface area contributed by atoms with Crippen molar-refractivity contribution in [1.82, 2.24) is 0 Å².